The molecule has 34 heavy (non-hydrogen) atoms. The number of ether oxygens (including phenoxy) is 1. The Morgan fingerprint density at radius 2 is 1.82 bits per heavy atom. The van der Waals surface area contributed by atoms with E-state index in [4.69, 9.17) is 4.74 Å². The van der Waals surface area contributed by atoms with Crippen LogP contribution in [0, 0.1) is 32.1 Å². The highest BCUT2D eigenvalue weighted by Gasteiger charge is 2.18. The van der Waals surface area contributed by atoms with E-state index in [1.807, 2.05) is 63.2 Å². The van der Waals surface area contributed by atoms with E-state index in [0.29, 0.717) is 17.1 Å². The molecule has 4 aromatic rings. The van der Waals surface area contributed by atoms with Gasteiger partial charge in [0.05, 0.1) is 0 Å². The number of benzene rings is 2. The summed E-state index contributed by atoms with van der Waals surface area (Å²) in [5.41, 5.74) is 2.94. The van der Waals surface area contributed by atoms with Crippen LogP contribution < -0.4 is 15.6 Å². The summed E-state index contributed by atoms with van der Waals surface area (Å²) in [5.74, 6) is -0.101. The number of fused-ring (bicyclic) bond motifs is 1. The Labute approximate surface area is 196 Å². The zero-order valence-corrected chi connectivity index (χ0v) is 19.0. The third-order valence-electron chi connectivity index (χ3n) is 5.33. The molecule has 2 aromatic carbocycles. The van der Waals surface area contributed by atoms with Crippen molar-refractivity contribution in [3.8, 4) is 17.7 Å². The average molecular weight is 450 g/mol. The first-order chi connectivity index (χ1) is 16.4. The van der Waals surface area contributed by atoms with E-state index in [9.17, 15) is 14.9 Å². The van der Waals surface area contributed by atoms with Crippen molar-refractivity contribution < 1.29 is 9.53 Å². The summed E-state index contributed by atoms with van der Waals surface area (Å²) in [6, 6.07) is 20.0. The van der Waals surface area contributed by atoms with E-state index in [0.717, 1.165) is 16.7 Å². The molecule has 2 aromatic heterocycles. The maximum absolute atomic E-state index is 13.3. The van der Waals surface area contributed by atoms with Crippen molar-refractivity contribution in [1.82, 2.24) is 9.38 Å². The minimum Gasteiger partial charge on any atom is -0.438 e. The quantitative estimate of drug-likeness (QED) is 0.342. The number of aromatic nitrogens is 2. The molecule has 0 aliphatic carbocycles. The SMILES string of the molecule is Cc1ccc(C)c(NC(=O)/C(C#N)=C\c2c(Oc3ccccc3C)nc3ccccn3c2=O)c1. The number of hydrogen-bond donors (Lipinski definition) is 1. The van der Waals surface area contributed by atoms with E-state index < -0.39 is 11.5 Å². The van der Waals surface area contributed by atoms with Gasteiger partial charge < -0.3 is 10.1 Å². The Balaban J connectivity index is 1.82. The van der Waals surface area contributed by atoms with Gasteiger partial charge in [-0.25, -0.2) is 0 Å². The molecule has 0 spiro atoms. The third-order valence-corrected chi connectivity index (χ3v) is 5.33. The molecule has 1 amide bonds. The van der Waals surface area contributed by atoms with Crippen LogP contribution in [0.5, 0.6) is 11.6 Å². The highest BCUT2D eigenvalue weighted by molar-refractivity contribution is 6.10. The number of aryl methyl sites for hydroxylation is 3. The minimum atomic E-state index is -0.629. The van der Waals surface area contributed by atoms with Crippen molar-refractivity contribution in [2.24, 2.45) is 0 Å². The van der Waals surface area contributed by atoms with Gasteiger partial charge in [-0.1, -0.05) is 36.4 Å². The lowest BCUT2D eigenvalue weighted by Gasteiger charge is -2.12. The highest BCUT2D eigenvalue weighted by Crippen LogP contribution is 2.27. The molecular formula is C27H22N4O3. The van der Waals surface area contributed by atoms with Crippen molar-refractivity contribution in [3.63, 3.8) is 0 Å². The first-order valence-corrected chi connectivity index (χ1v) is 10.6. The van der Waals surface area contributed by atoms with Gasteiger partial charge >= 0.3 is 0 Å². The fraction of sp³-hybridized carbons (Fsp3) is 0.111. The van der Waals surface area contributed by atoms with Gasteiger partial charge in [-0.05, 0) is 67.8 Å². The molecule has 1 N–H and O–H groups in total. The van der Waals surface area contributed by atoms with Crippen LogP contribution in [0.4, 0.5) is 5.69 Å². The van der Waals surface area contributed by atoms with Crippen molar-refractivity contribution in [1.29, 1.82) is 5.26 Å². The summed E-state index contributed by atoms with van der Waals surface area (Å²) in [6.45, 7) is 5.64. The standard InChI is InChI=1S/C27H22N4O3/c1-17-11-12-18(2)22(14-17)29-25(32)20(16-28)15-21-26(34-23-9-5-4-8-19(23)3)30-24-10-6-7-13-31(24)27(21)33/h4-15H,1-3H3,(H,29,32)/b20-15-. The lowest BCUT2D eigenvalue weighted by Crippen LogP contribution is -2.20. The second-order valence-corrected chi connectivity index (χ2v) is 7.87. The van der Waals surface area contributed by atoms with Gasteiger partial charge in [0.2, 0.25) is 5.88 Å². The van der Waals surface area contributed by atoms with Crippen molar-refractivity contribution >= 4 is 23.3 Å². The number of carbonyl (C=O) groups is 1. The molecule has 0 saturated heterocycles. The molecule has 2 heterocycles. The monoisotopic (exact) mass is 450 g/mol. The summed E-state index contributed by atoms with van der Waals surface area (Å²) in [4.78, 5) is 30.7. The summed E-state index contributed by atoms with van der Waals surface area (Å²) in [5, 5.41) is 12.5. The maximum atomic E-state index is 13.3. The van der Waals surface area contributed by atoms with Crippen LogP contribution in [0.2, 0.25) is 0 Å². The first kappa shape index (κ1) is 22.5. The van der Waals surface area contributed by atoms with E-state index in [1.54, 1.807) is 30.5 Å². The highest BCUT2D eigenvalue weighted by atomic mass is 16.5. The Bertz CT molecular complexity index is 1540. The largest absolute Gasteiger partial charge is 0.438 e. The van der Waals surface area contributed by atoms with Crippen LogP contribution in [0.25, 0.3) is 11.7 Å². The molecule has 0 saturated carbocycles. The number of anilines is 1. The number of hydrogen-bond acceptors (Lipinski definition) is 5. The van der Waals surface area contributed by atoms with Crippen molar-refractivity contribution in [2.45, 2.75) is 20.8 Å². The van der Waals surface area contributed by atoms with Gasteiger partial charge in [-0.15, -0.1) is 0 Å². The lowest BCUT2D eigenvalue weighted by molar-refractivity contribution is -0.112. The molecule has 168 valence electrons. The normalized spacial score (nSPS) is 11.2. The molecule has 0 radical (unpaired) electrons. The number of para-hydroxylation sites is 1. The summed E-state index contributed by atoms with van der Waals surface area (Å²) in [6.07, 6.45) is 2.80. The van der Waals surface area contributed by atoms with E-state index in [1.165, 1.54) is 10.5 Å². The summed E-state index contributed by atoms with van der Waals surface area (Å²) >= 11 is 0. The van der Waals surface area contributed by atoms with E-state index >= 15 is 0 Å². The van der Waals surface area contributed by atoms with Gasteiger partial charge in [-0.3, -0.25) is 14.0 Å². The van der Waals surface area contributed by atoms with Crippen molar-refractivity contribution in [3.05, 3.63) is 105 Å². The Hall–Kier alpha value is -4.70. The number of nitrogens with zero attached hydrogens (tertiary/aromatic N) is 3. The van der Waals surface area contributed by atoms with Crippen LogP contribution in [0.15, 0.2) is 77.2 Å². The van der Waals surface area contributed by atoms with Crippen LogP contribution in [-0.2, 0) is 4.79 Å². The van der Waals surface area contributed by atoms with Gasteiger partial charge in [0.25, 0.3) is 11.5 Å². The second-order valence-electron chi connectivity index (χ2n) is 7.87. The van der Waals surface area contributed by atoms with Crippen LogP contribution >= 0.6 is 0 Å². The zero-order chi connectivity index (χ0) is 24.2. The number of amides is 1. The first-order valence-electron chi connectivity index (χ1n) is 10.6. The molecule has 0 atom stereocenters. The zero-order valence-electron chi connectivity index (χ0n) is 19.0. The number of nitriles is 1. The number of carbonyl (C=O) groups excluding carboxylic acids is 1. The minimum absolute atomic E-state index is 0.000354. The van der Waals surface area contributed by atoms with Gasteiger partial charge in [-0.2, -0.15) is 10.2 Å². The van der Waals surface area contributed by atoms with Crippen LogP contribution in [0.1, 0.15) is 22.3 Å². The molecule has 7 heteroatoms. The summed E-state index contributed by atoms with van der Waals surface area (Å²) in [7, 11) is 0. The van der Waals surface area contributed by atoms with Crippen LogP contribution in [-0.4, -0.2) is 15.3 Å². The Morgan fingerprint density at radius 3 is 2.59 bits per heavy atom. The summed E-state index contributed by atoms with van der Waals surface area (Å²) < 4.78 is 7.34. The van der Waals surface area contributed by atoms with Gasteiger partial charge in [0.1, 0.15) is 28.6 Å². The molecule has 0 aliphatic heterocycles. The number of nitrogens with one attached hydrogen (secondary N) is 1. The molecule has 0 aliphatic rings. The average Bonchev–Trinajstić information content (AvgIpc) is 2.83. The predicted octanol–water partition coefficient (Wildman–Crippen LogP) is 4.96. The fourth-order valence-corrected chi connectivity index (χ4v) is 3.41. The van der Waals surface area contributed by atoms with E-state index in [2.05, 4.69) is 10.3 Å². The lowest BCUT2D eigenvalue weighted by atomic mass is 10.1. The van der Waals surface area contributed by atoms with Gasteiger partial charge in [0.15, 0.2) is 0 Å². The van der Waals surface area contributed by atoms with Crippen LogP contribution in [0.3, 0.4) is 0 Å². The third kappa shape index (κ3) is 4.57. The molecule has 0 unspecified atom stereocenters. The van der Waals surface area contributed by atoms with Crippen molar-refractivity contribution in [2.75, 3.05) is 5.32 Å². The number of pyridine rings is 1. The number of rotatable bonds is 5. The Morgan fingerprint density at radius 1 is 1.06 bits per heavy atom. The molecule has 0 fully saturated rings. The fourth-order valence-electron chi connectivity index (χ4n) is 3.41. The van der Waals surface area contributed by atoms with Gasteiger partial charge in [0, 0.05) is 11.9 Å². The van der Waals surface area contributed by atoms with E-state index in [-0.39, 0.29) is 17.0 Å². The molecule has 7 nitrogen and oxygen atoms in total. The smallest absolute Gasteiger partial charge is 0.269 e. The predicted molar refractivity (Wildman–Crippen MR) is 131 cm³/mol. The molecule has 4 rings (SSSR count). The molecular weight excluding hydrogens is 428 g/mol. The Kier molecular flexibility index (Phi) is 6.24. The topological polar surface area (TPSA) is 96.5 Å². The maximum Gasteiger partial charge on any atom is 0.269 e. The molecule has 0 bridgehead atoms. The second kappa shape index (κ2) is 9.43.